The summed E-state index contributed by atoms with van der Waals surface area (Å²) in [7, 11) is 0. The van der Waals surface area contributed by atoms with E-state index in [0.29, 0.717) is 5.82 Å². The van der Waals surface area contributed by atoms with Gasteiger partial charge in [-0.25, -0.2) is 4.98 Å². The van der Waals surface area contributed by atoms with Gasteiger partial charge in [-0.05, 0) is 13.0 Å². The second-order valence-corrected chi connectivity index (χ2v) is 3.93. The SMILES string of the molecule is Cc1[nH]c2ccccc2c1-c1cnc(C#N)[nH]1. The molecule has 3 rings (SSSR count). The number of fused-ring (bicyclic) bond motifs is 1. The van der Waals surface area contributed by atoms with E-state index >= 15 is 0 Å². The average Bonchev–Trinajstić information content (AvgIpc) is 2.91. The van der Waals surface area contributed by atoms with Crippen LogP contribution >= 0.6 is 0 Å². The van der Waals surface area contributed by atoms with Crippen LogP contribution in [0.1, 0.15) is 11.5 Å². The van der Waals surface area contributed by atoms with Crippen LogP contribution in [0.15, 0.2) is 30.5 Å². The number of hydrogen-bond donors (Lipinski definition) is 2. The number of rotatable bonds is 1. The maximum absolute atomic E-state index is 8.78. The highest BCUT2D eigenvalue weighted by Gasteiger charge is 2.12. The molecule has 2 N–H and O–H groups in total. The third kappa shape index (κ3) is 1.41. The summed E-state index contributed by atoms with van der Waals surface area (Å²) in [5.41, 5.74) is 4.11. The summed E-state index contributed by atoms with van der Waals surface area (Å²) in [5.74, 6) is 0.338. The molecule has 0 unspecified atom stereocenters. The van der Waals surface area contributed by atoms with Gasteiger partial charge in [0.1, 0.15) is 6.07 Å². The summed E-state index contributed by atoms with van der Waals surface area (Å²) in [6.07, 6.45) is 1.70. The molecule has 0 spiro atoms. The van der Waals surface area contributed by atoms with E-state index in [2.05, 4.69) is 21.0 Å². The first-order valence-corrected chi connectivity index (χ1v) is 5.32. The van der Waals surface area contributed by atoms with Crippen molar-refractivity contribution in [1.82, 2.24) is 15.0 Å². The highest BCUT2D eigenvalue weighted by Crippen LogP contribution is 2.30. The largest absolute Gasteiger partial charge is 0.358 e. The van der Waals surface area contributed by atoms with Crippen molar-refractivity contribution in [2.24, 2.45) is 0 Å². The van der Waals surface area contributed by atoms with Crippen LogP contribution in [0.2, 0.25) is 0 Å². The lowest BCUT2D eigenvalue weighted by molar-refractivity contribution is 1.22. The van der Waals surface area contributed by atoms with Gasteiger partial charge < -0.3 is 9.97 Å². The Hall–Kier alpha value is -2.54. The fourth-order valence-corrected chi connectivity index (χ4v) is 2.13. The molecule has 0 amide bonds. The number of aromatic nitrogens is 3. The van der Waals surface area contributed by atoms with Crippen LogP contribution in [0, 0.1) is 18.3 Å². The lowest BCUT2D eigenvalue weighted by Crippen LogP contribution is -1.80. The lowest BCUT2D eigenvalue weighted by atomic mass is 10.1. The molecule has 0 fully saturated rings. The fraction of sp³-hybridized carbons (Fsp3) is 0.0769. The van der Waals surface area contributed by atoms with Crippen molar-refractivity contribution >= 4 is 10.9 Å². The van der Waals surface area contributed by atoms with Crippen LogP contribution in [-0.4, -0.2) is 15.0 Å². The van der Waals surface area contributed by atoms with E-state index in [1.54, 1.807) is 6.20 Å². The van der Waals surface area contributed by atoms with Crippen LogP contribution in [0.5, 0.6) is 0 Å². The number of nitriles is 1. The first-order valence-electron chi connectivity index (χ1n) is 5.32. The Morgan fingerprint density at radius 3 is 2.82 bits per heavy atom. The number of aryl methyl sites for hydroxylation is 1. The number of nitrogens with zero attached hydrogens (tertiary/aromatic N) is 2. The molecule has 0 atom stereocenters. The molecule has 0 aliphatic carbocycles. The van der Waals surface area contributed by atoms with E-state index in [0.717, 1.165) is 27.9 Å². The van der Waals surface area contributed by atoms with Crippen LogP contribution < -0.4 is 0 Å². The minimum absolute atomic E-state index is 0.338. The molecule has 1 aromatic carbocycles. The zero-order chi connectivity index (χ0) is 11.8. The van der Waals surface area contributed by atoms with Crippen molar-refractivity contribution < 1.29 is 0 Å². The zero-order valence-electron chi connectivity index (χ0n) is 9.28. The van der Waals surface area contributed by atoms with Crippen molar-refractivity contribution in [3.8, 4) is 17.3 Å². The van der Waals surface area contributed by atoms with Gasteiger partial charge in [0.25, 0.3) is 0 Å². The maximum atomic E-state index is 8.78. The van der Waals surface area contributed by atoms with Crippen molar-refractivity contribution in [2.75, 3.05) is 0 Å². The molecule has 82 valence electrons. The number of H-pyrrole nitrogens is 2. The summed E-state index contributed by atoms with van der Waals surface area (Å²) in [6.45, 7) is 2.02. The van der Waals surface area contributed by atoms with Crippen LogP contribution in [0.3, 0.4) is 0 Å². The van der Waals surface area contributed by atoms with Gasteiger partial charge in [0, 0.05) is 22.2 Å². The van der Waals surface area contributed by atoms with Gasteiger partial charge in [-0.15, -0.1) is 0 Å². The van der Waals surface area contributed by atoms with Crippen LogP contribution in [-0.2, 0) is 0 Å². The second kappa shape index (κ2) is 3.49. The minimum Gasteiger partial charge on any atom is -0.358 e. The zero-order valence-corrected chi connectivity index (χ0v) is 9.28. The normalized spacial score (nSPS) is 10.6. The second-order valence-electron chi connectivity index (χ2n) is 3.93. The topological polar surface area (TPSA) is 68.3 Å². The van der Waals surface area contributed by atoms with E-state index in [9.17, 15) is 0 Å². The highest BCUT2D eigenvalue weighted by atomic mass is 14.9. The van der Waals surface area contributed by atoms with Gasteiger partial charge in [-0.2, -0.15) is 5.26 Å². The van der Waals surface area contributed by atoms with Gasteiger partial charge >= 0.3 is 0 Å². The Bertz CT molecular complexity index is 727. The van der Waals surface area contributed by atoms with Crippen LogP contribution in [0.25, 0.3) is 22.2 Å². The smallest absolute Gasteiger partial charge is 0.210 e. The highest BCUT2D eigenvalue weighted by molar-refractivity contribution is 5.96. The Morgan fingerprint density at radius 2 is 2.06 bits per heavy atom. The Kier molecular flexibility index (Phi) is 1.99. The molecule has 0 saturated carbocycles. The van der Waals surface area contributed by atoms with Crippen molar-refractivity contribution in [3.63, 3.8) is 0 Å². The summed E-state index contributed by atoms with van der Waals surface area (Å²) >= 11 is 0. The number of hydrogen-bond acceptors (Lipinski definition) is 2. The van der Waals surface area contributed by atoms with Crippen LogP contribution in [0.4, 0.5) is 0 Å². The first kappa shape index (κ1) is 9.67. The lowest BCUT2D eigenvalue weighted by Gasteiger charge is -1.96. The van der Waals surface area contributed by atoms with E-state index in [-0.39, 0.29) is 0 Å². The number of imidazole rings is 1. The number of benzene rings is 1. The first-order chi connectivity index (χ1) is 8.29. The van der Waals surface area contributed by atoms with E-state index < -0.39 is 0 Å². The Labute approximate surface area is 97.9 Å². The van der Waals surface area contributed by atoms with Gasteiger partial charge in [-0.1, -0.05) is 18.2 Å². The minimum atomic E-state index is 0.338. The Balaban J connectivity index is 2.30. The molecule has 2 heterocycles. The molecule has 0 radical (unpaired) electrons. The molecule has 0 saturated heterocycles. The van der Waals surface area contributed by atoms with Crippen molar-refractivity contribution in [1.29, 1.82) is 5.26 Å². The maximum Gasteiger partial charge on any atom is 0.210 e. The van der Waals surface area contributed by atoms with Crippen molar-refractivity contribution in [2.45, 2.75) is 6.92 Å². The monoisotopic (exact) mass is 222 g/mol. The average molecular weight is 222 g/mol. The summed E-state index contributed by atoms with van der Waals surface area (Å²) in [5, 5.41) is 9.92. The molecular formula is C13H10N4. The fourth-order valence-electron chi connectivity index (χ4n) is 2.13. The molecule has 0 aliphatic rings. The standard InChI is InChI=1S/C13H10N4/c1-8-13(11-7-15-12(6-14)17-11)9-4-2-3-5-10(9)16-8/h2-5,7,16H,1H3,(H,15,17). The predicted octanol–water partition coefficient (Wildman–Crippen LogP) is 2.74. The summed E-state index contributed by atoms with van der Waals surface area (Å²) in [6, 6.07) is 10.1. The van der Waals surface area contributed by atoms with Gasteiger partial charge in [-0.3, -0.25) is 0 Å². The molecule has 17 heavy (non-hydrogen) atoms. The van der Waals surface area contributed by atoms with Gasteiger partial charge in [0.2, 0.25) is 5.82 Å². The molecule has 0 bridgehead atoms. The molecule has 3 aromatic rings. The van der Waals surface area contributed by atoms with Gasteiger partial charge in [0.15, 0.2) is 0 Å². The number of nitrogens with one attached hydrogen (secondary N) is 2. The molecule has 4 nitrogen and oxygen atoms in total. The Morgan fingerprint density at radius 1 is 1.24 bits per heavy atom. The van der Waals surface area contributed by atoms with Gasteiger partial charge in [0.05, 0.1) is 11.9 Å². The van der Waals surface area contributed by atoms with E-state index in [4.69, 9.17) is 5.26 Å². The summed E-state index contributed by atoms with van der Waals surface area (Å²) in [4.78, 5) is 10.3. The number of para-hydroxylation sites is 1. The van der Waals surface area contributed by atoms with E-state index in [1.165, 1.54) is 0 Å². The van der Waals surface area contributed by atoms with Crippen molar-refractivity contribution in [3.05, 3.63) is 42.0 Å². The molecular weight excluding hydrogens is 212 g/mol. The molecule has 2 aromatic heterocycles. The molecule has 4 heteroatoms. The quantitative estimate of drug-likeness (QED) is 0.664. The molecule has 0 aliphatic heterocycles. The predicted molar refractivity (Wildman–Crippen MR) is 65.3 cm³/mol. The number of aromatic amines is 2. The van der Waals surface area contributed by atoms with E-state index in [1.807, 2.05) is 31.2 Å². The third-order valence-corrected chi connectivity index (χ3v) is 2.84. The third-order valence-electron chi connectivity index (χ3n) is 2.84. The summed E-state index contributed by atoms with van der Waals surface area (Å²) < 4.78 is 0.